The molecule has 2 aromatic rings. The van der Waals surface area contributed by atoms with Crippen molar-refractivity contribution in [3.05, 3.63) is 49.4 Å². The minimum atomic E-state index is -0.667. The van der Waals surface area contributed by atoms with Gasteiger partial charge in [-0.15, -0.1) is 11.3 Å². The molecule has 9 heteroatoms. The third-order valence-electron chi connectivity index (χ3n) is 7.06. The molecule has 2 heterocycles. The van der Waals surface area contributed by atoms with Gasteiger partial charge in [0.05, 0.1) is 6.07 Å². The predicted molar refractivity (Wildman–Crippen MR) is 148 cm³/mol. The van der Waals surface area contributed by atoms with Crippen molar-refractivity contribution in [3.63, 3.8) is 0 Å². The average Bonchev–Trinajstić information content (AvgIpc) is 3.15. The molecule has 0 unspecified atom stereocenters. The Labute approximate surface area is 222 Å². The van der Waals surface area contributed by atoms with Crippen LogP contribution in [0.3, 0.4) is 0 Å². The number of rotatable bonds is 8. The van der Waals surface area contributed by atoms with Gasteiger partial charge in [0.15, 0.2) is 5.57 Å². The van der Waals surface area contributed by atoms with Crippen molar-refractivity contribution in [2.45, 2.75) is 77.9 Å². The monoisotopic (exact) mass is 520 g/mol. The van der Waals surface area contributed by atoms with E-state index in [0.717, 1.165) is 30.0 Å². The summed E-state index contributed by atoms with van der Waals surface area (Å²) in [6.45, 7) is 12.2. The Hall–Kier alpha value is -3.40. The number of nitriles is 2. The summed E-state index contributed by atoms with van der Waals surface area (Å²) in [4.78, 5) is 27.9. The molecule has 1 aromatic heterocycles. The first-order valence-corrected chi connectivity index (χ1v) is 13.5. The molecule has 0 spiro atoms. The number of aromatic nitrogens is 1. The molecule has 8 nitrogen and oxygen atoms in total. The highest BCUT2D eigenvalue weighted by molar-refractivity contribution is 7.07. The number of nitrogens with zero attached hydrogens (tertiary/aromatic N) is 4. The van der Waals surface area contributed by atoms with Crippen LogP contribution in [0.1, 0.15) is 59.4 Å². The summed E-state index contributed by atoms with van der Waals surface area (Å²) in [7, 11) is 0. The first kappa shape index (κ1) is 28.2. The molecule has 0 aliphatic carbocycles. The molecule has 1 amide bonds. The average molecular weight is 521 g/mol. The number of likely N-dealkylation sites (tertiary alicyclic amines) is 1. The van der Waals surface area contributed by atoms with Crippen molar-refractivity contribution in [3.8, 4) is 12.1 Å². The van der Waals surface area contributed by atoms with Crippen LogP contribution in [0.15, 0.2) is 29.1 Å². The zero-order chi connectivity index (χ0) is 27.2. The molecule has 1 aliphatic rings. The number of thiazole rings is 1. The zero-order valence-electron chi connectivity index (χ0n) is 22.4. The lowest BCUT2D eigenvalue weighted by Crippen LogP contribution is -2.58. The van der Waals surface area contributed by atoms with Crippen molar-refractivity contribution in [2.75, 3.05) is 18.4 Å². The van der Waals surface area contributed by atoms with E-state index in [1.165, 1.54) is 29.4 Å². The number of amides is 1. The Balaban J connectivity index is 1.84. The van der Waals surface area contributed by atoms with Gasteiger partial charge in [-0.3, -0.25) is 19.1 Å². The lowest BCUT2D eigenvalue weighted by Gasteiger charge is -2.53. The maximum atomic E-state index is 13.0. The van der Waals surface area contributed by atoms with Crippen LogP contribution in [-0.4, -0.2) is 39.5 Å². The number of anilines is 1. The number of carbonyl (C=O) groups excluding carboxylic acids is 1. The number of carbonyl (C=O) groups is 1. The van der Waals surface area contributed by atoms with Crippen LogP contribution >= 0.6 is 11.3 Å². The molecule has 1 fully saturated rings. The number of nitrogens with one attached hydrogen (secondary N) is 2. The van der Waals surface area contributed by atoms with E-state index in [1.54, 1.807) is 13.1 Å². The van der Waals surface area contributed by atoms with Gasteiger partial charge in [-0.2, -0.15) is 10.5 Å². The SMILES string of the molecule is CCn1c(=O)/c(=C\Nc2cccc(CCN3C(C)(C)CCCC3(C)C)c2)s/c1=C(/C#N)C(=O)NCC#N. The number of hydrogen-bond acceptors (Lipinski definition) is 7. The van der Waals surface area contributed by atoms with Crippen LogP contribution in [0.5, 0.6) is 0 Å². The Kier molecular flexibility index (Phi) is 8.96. The molecule has 1 saturated heterocycles. The van der Waals surface area contributed by atoms with E-state index in [4.69, 9.17) is 5.26 Å². The van der Waals surface area contributed by atoms with Crippen LogP contribution < -0.4 is 25.4 Å². The fourth-order valence-electron chi connectivity index (χ4n) is 5.25. The standard InChI is InChI=1S/C28H36N6O2S/c1-6-33-25(36)23(37-26(33)22(18-30)24(35)31-15-14-29)19-32-21-10-7-9-20(17-21)11-16-34-27(2,3)12-8-13-28(34,4)5/h7,9-10,17,19,32H,6,8,11-13,15-16H2,1-5H3,(H,31,35)/b23-19+,26-22-. The van der Waals surface area contributed by atoms with Crippen molar-refractivity contribution in [2.24, 2.45) is 0 Å². The van der Waals surface area contributed by atoms with Crippen LogP contribution in [-0.2, 0) is 17.8 Å². The van der Waals surface area contributed by atoms with Crippen molar-refractivity contribution < 1.29 is 4.79 Å². The van der Waals surface area contributed by atoms with E-state index >= 15 is 0 Å². The Morgan fingerprint density at radius 3 is 2.51 bits per heavy atom. The smallest absolute Gasteiger partial charge is 0.270 e. The molecule has 37 heavy (non-hydrogen) atoms. The van der Waals surface area contributed by atoms with Crippen LogP contribution in [0, 0.1) is 22.7 Å². The van der Waals surface area contributed by atoms with Crippen molar-refractivity contribution in [1.29, 1.82) is 10.5 Å². The summed E-state index contributed by atoms with van der Waals surface area (Å²) in [5, 5.41) is 23.9. The van der Waals surface area contributed by atoms with Gasteiger partial charge in [-0.05, 0) is 78.0 Å². The Morgan fingerprint density at radius 1 is 1.19 bits per heavy atom. The summed E-state index contributed by atoms with van der Waals surface area (Å²) >= 11 is 1.08. The molecule has 0 bridgehead atoms. The number of benzene rings is 1. The second-order valence-corrected chi connectivity index (χ2v) is 11.5. The van der Waals surface area contributed by atoms with Gasteiger partial charge in [0.25, 0.3) is 11.5 Å². The highest BCUT2D eigenvalue weighted by atomic mass is 32.1. The summed E-state index contributed by atoms with van der Waals surface area (Å²) in [5.74, 6) is -0.667. The fourth-order valence-corrected chi connectivity index (χ4v) is 6.34. The summed E-state index contributed by atoms with van der Waals surface area (Å²) in [6.07, 6.45) is 6.22. The van der Waals surface area contributed by atoms with Gasteiger partial charge in [-0.25, -0.2) is 0 Å². The minimum absolute atomic E-state index is 0.173. The van der Waals surface area contributed by atoms with Gasteiger partial charge < -0.3 is 10.6 Å². The third kappa shape index (κ3) is 6.49. The van der Waals surface area contributed by atoms with E-state index in [9.17, 15) is 14.9 Å². The van der Waals surface area contributed by atoms with Gasteiger partial charge in [0, 0.05) is 36.1 Å². The number of piperidine rings is 1. The molecule has 1 aromatic carbocycles. The zero-order valence-corrected chi connectivity index (χ0v) is 23.2. The van der Waals surface area contributed by atoms with Crippen molar-refractivity contribution >= 4 is 34.7 Å². The van der Waals surface area contributed by atoms with Crippen LogP contribution in [0.25, 0.3) is 11.8 Å². The van der Waals surface area contributed by atoms with E-state index in [1.807, 2.05) is 24.3 Å². The highest BCUT2D eigenvalue weighted by Gasteiger charge is 2.40. The molecular weight excluding hydrogens is 484 g/mol. The molecule has 196 valence electrons. The summed E-state index contributed by atoms with van der Waals surface area (Å²) in [5.41, 5.74) is 1.97. The lowest BCUT2D eigenvalue weighted by atomic mass is 9.79. The molecule has 2 N–H and O–H groups in total. The maximum absolute atomic E-state index is 13.0. The number of hydrogen-bond donors (Lipinski definition) is 2. The van der Waals surface area contributed by atoms with E-state index in [2.05, 4.69) is 55.4 Å². The molecule has 1 aliphatic heterocycles. The Morgan fingerprint density at radius 2 is 1.89 bits per heavy atom. The van der Waals surface area contributed by atoms with Crippen LogP contribution in [0.4, 0.5) is 5.69 Å². The normalized spacial score (nSPS) is 18.0. The second-order valence-electron chi connectivity index (χ2n) is 10.5. The summed E-state index contributed by atoms with van der Waals surface area (Å²) in [6, 6.07) is 11.9. The summed E-state index contributed by atoms with van der Waals surface area (Å²) < 4.78 is 2.07. The molecule has 0 saturated carbocycles. The minimum Gasteiger partial charge on any atom is -0.360 e. The second kappa shape index (κ2) is 11.8. The molecule has 3 rings (SSSR count). The molecule has 0 atom stereocenters. The first-order chi connectivity index (χ1) is 17.5. The van der Waals surface area contributed by atoms with Gasteiger partial charge in [-0.1, -0.05) is 12.1 Å². The van der Waals surface area contributed by atoms with Gasteiger partial charge in [0.2, 0.25) is 0 Å². The first-order valence-electron chi connectivity index (χ1n) is 12.7. The van der Waals surface area contributed by atoms with Crippen molar-refractivity contribution in [1.82, 2.24) is 14.8 Å². The molecular formula is C28H36N6O2S. The Bertz CT molecular complexity index is 1390. The quantitative estimate of drug-likeness (QED) is 0.518. The fraction of sp³-hybridized carbons (Fsp3) is 0.500. The maximum Gasteiger partial charge on any atom is 0.270 e. The van der Waals surface area contributed by atoms with Gasteiger partial charge in [0.1, 0.15) is 21.8 Å². The topological polar surface area (TPSA) is 114 Å². The van der Waals surface area contributed by atoms with E-state index < -0.39 is 5.91 Å². The lowest BCUT2D eigenvalue weighted by molar-refractivity contribution is -0.115. The third-order valence-corrected chi connectivity index (χ3v) is 8.19. The van der Waals surface area contributed by atoms with E-state index in [0.29, 0.717) is 11.1 Å². The predicted octanol–water partition coefficient (Wildman–Crippen LogP) is 2.68. The largest absolute Gasteiger partial charge is 0.360 e. The van der Waals surface area contributed by atoms with E-state index in [-0.39, 0.29) is 33.4 Å². The van der Waals surface area contributed by atoms with Gasteiger partial charge >= 0.3 is 0 Å². The highest BCUT2D eigenvalue weighted by Crippen LogP contribution is 2.38. The van der Waals surface area contributed by atoms with Crippen LogP contribution in [0.2, 0.25) is 0 Å². The molecule has 0 radical (unpaired) electrons.